The number of H-pyrrole nitrogens is 1. The highest BCUT2D eigenvalue weighted by atomic mass is 32.2. The minimum absolute atomic E-state index is 0.00183. The quantitative estimate of drug-likeness (QED) is 0.0865. The van der Waals surface area contributed by atoms with Crippen LogP contribution in [0.4, 0.5) is 5.95 Å². The molecule has 0 saturated carbocycles. The number of ether oxygens (including phenoxy) is 4. The molecule has 2 N–H and O–H groups in total. The Morgan fingerprint density at radius 1 is 0.900 bits per heavy atom. The highest BCUT2D eigenvalue weighted by molar-refractivity contribution is 7.91. The van der Waals surface area contributed by atoms with Crippen LogP contribution in [0.15, 0.2) is 125 Å². The van der Waals surface area contributed by atoms with Gasteiger partial charge in [0.05, 0.1) is 55.4 Å². The topological polar surface area (TPSA) is 168 Å². The van der Waals surface area contributed by atoms with Crippen LogP contribution in [0, 0.1) is 0 Å². The van der Waals surface area contributed by atoms with Crippen LogP contribution in [0.1, 0.15) is 54.5 Å². The number of hydrogen-bond acceptors (Lipinski definition) is 12. The average Bonchev–Trinajstić information content (AvgIpc) is 3.99. The smallest absolute Gasteiger partial charge is 0.259 e. The molecule has 8 rings (SSSR count). The predicted octanol–water partition coefficient (Wildman–Crippen LogP) is 6.53. The van der Waals surface area contributed by atoms with Gasteiger partial charge in [0.25, 0.3) is 14.1 Å². The van der Waals surface area contributed by atoms with E-state index in [4.69, 9.17) is 28.0 Å². The Kier molecular flexibility index (Phi) is 12.5. The number of fused-ring (bicyclic) bond motifs is 1. The second-order valence-corrected chi connectivity index (χ2v) is 18.3. The molecule has 14 nitrogen and oxygen atoms in total. The van der Waals surface area contributed by atoms with Crippen molar-refractivity contribution >= 4 is 30.2 Å². The largest absolute Gasteiger partial charge is 0.497 e. The van der Waals surface area contributed by atoms with Crippen molar-refractivity contribution in [1.82, 2.24) is 14.6 Å². The molecule has 0 aliphatic carbocycles. The molecule has 1 aromatic heterocycles. The lowest BCUT2D eigenvalue weighted by molar-refractivity contribution is -0.114. The number of nitrogens with zero attached hydrogens (tertiary/aromatic N) is 2. The van der Waals surface area contributed by atoms with Gasteiger partial charge in [-0.25, -0.2) is 18.1 Å². The zero-order valence-corrected chi connectivity index (χ0v) is 35.1. The first-order valence-corrected chi connectivity index (χ1v) is 22.5. The van der Waals surface area contributed by atoms with E-state index in [1.165, 1.54) is 13.1 Å². The molecule has 16 heteroatoms. The Bertz CT molecular complexity index is 2380. The van der Waals surface area contributed by atoms with Gasteiger partial charge in [-0.2, -0.15) is 0 Å². The highest BCUT2D eigenvalue weighted by Gasteiger charge is 2.51. The third kappa shape index (κ3) is 8.62. The summed E-state index contributed by atoms with van der Waals surface area (Å²) in [5.74, 6) is 0.833. The maximum atomic E-state index is 13.6. The Morgan fingerprint density at radius 2 is 1.52 bits per heavy atom. The van der Waals surface area contributed by atoms with Crippen LogP contribution in [0.25, 0.3) is 0 Å². The molecular weight excluding hydrogens is 808 g/mol. The van der Waals surface area contributed by atoms with Gasteiger partial charge in [-0.15, -0.1) is 0 Å². The number of carbonyl (C=O) groups excluding carboxylic acids is 1. The Hall–Kier alpha value is -4.99. The monoisotopic (exact) mass is 854 g/mol. The summed E-state index contributed by atoms with van der Waals surface area (Å²) in [5.41, 5.74) is 1.12. The summed E-state index contributed by atoms with van der Waals surface area (Å²) in [4.78, 5) is 32.3. The number of anilines is 1. The second kappa shape index (κ2) is 17.9. The van der Waals surface area contributed by atoms with Gasteiger partial charge in [0.2, 0.25) is 11.9 Å². The fraction of sp³-hybridized carbons (Fsp3) is 0.341. The number of nitrogens with one attached hydrogen (secondary N) is 2. The number of amides is 1. The molecule has 5 aromatic rings. The van der Waals surface area contributed by atoms with E-state index >= 15 is 0 Å². The van der Waals surface area contributed by atoms with Crippen molar-refractivity contribution in [2.45, 2.75) is 67.1 Å². The number of aromatic amines is 1. The van der Waals surface area contributed by atoms with Gasteiger partial charge in [0, 0.05) is 32.1 Å². The van der Waals surface area contributed by atoms with Crippen molar-refractivity contribution in [2.75, 3.05) is 38.4 Å². The molecule has 0 spiro atoms. The van der Waals surface area contributed by atoms with Crippen molar-refractivity contribution in [3.05, 3.63) is 148 Å². The van der Waals surface area contributed by atoms with Crippen molar-refractivity contribution in [2.24, 2.45) is 0 Å². The minimum atomic E-state index is -3.65. The Balaban J connectivity index is 1.14. The van der Waals surface area contributed by atoms with Crippen molar-refractivity contribution in [3.63, 3.8) is 0 Å². The molecule has 4 aromatic carbocycles. The fourth-order valence-corrected chi connectivity index (χ4v) is 11.8. The summed E-state index contributed by atoms with van der Waals surface area (Å²) >= 11 is 0. The van der Waals surface area contributed by atoms with Crippen LogP contribution in [0.5, 0.6) is 11.5 Å². The maximum Gasteiger partial charge on any atom is 0.259 e. The van der Waals surface area contributed by atoms with E-state index in [0.29, 0.717) is 18.0 Å². The lowest BCUT2D eigenvalue weighted by atomic mass is 9.80. The third-order valence-electron chi connectivity index (χ3n) is 11.2. The van der Waals surface area contributed by atoms with Crippen LogP contribution >= 0.6 is 8.53 Å². The number of rotatable bonds is 15. The molecular formula is C44H47N4O10PS. The molecule has 3 saturated heterocycles. The zero-order chi connectivity index (χ0) is 41.9. The van der Waals surface area contributed by atoms with Crippen LogP contribution in [0.2, 0.25) is 0 Å². The molecule has 3 fully saturated rings. The molecule has 0 unspecified atom stereocenters. The normalized spacial score (nSPS) is 23.0. The standard InChI is InChI=1S/C44H47N4O10PS/c1-29(49)46-43-45-26-36(42(50)47-43)38-25-39(57-59-48-24-10-15-37(48)41(58-59)28-60(51,52)35-13-8-5-9-14-35)40(56-38)27-55-44(30-11-6-4-7-12-30,31-16-20-33(53-2)21-17-31)32-18-22-34(54-3)23-19-32/h4-9,11-14,16-23,26,37-41H,10,15,24-25,27-28H2,1-3H3,(H2,45,46,47,49,50)/t37-,38+,39-,40+,41+,59+/m0/s1. The van der Waals surface area contributed by atoms with Gasteiger partial charge < -0.3 is 28.0 Å². The second-order valence-electron chi connectivity index (χ2n) is 14.9. The molecule has 0 bridgehead atoms. The van der Waals surface area contributed by atoms with E-state index in [1.54, 1.807) is 44.6 Å². The van der Waals surface area contributed by atoms with Crippen LogP contribution in [-0.2, 0) is 38.8 Å². The van der Waals surface area contributed by atoms with Gasteiger partial charge >= 0.3 is 0 Å². The van der Waals surface area contributed by atoms with Gasteiger partial charge in [0.15, 0.2) is 9.84 Å². The number of methoxy groups -OCH3 is 2. The lowest BCUT2D eigenvalue weighted by Gasteiger charge is -2.37. The Morgan fingerprint density at radius 3 is 2.12 bits per heavy atom. The number of carbonyl (C=O) groups is 1. The number of hydrogen-bond donors (Lipinski definition) is 2. The van der Waals surface area contributed by atoms with Crippen molar-refractivity contribution < 1.29 is 41.2 Å². The maximum absolute atomic E-state index is 13.6. The third-order valence-corrected chi connectivity index (χ3v) is 14.7. The first-order valence-electron chi connectivity index (χ1n) is 19.8. The van der Waals surface area contributed by atoms with Gasteiger partial charge in [-0.3, -0.25) is 19.9 Å². The molecule has 3 aliphatic rings. The van der Waals surface area contributed by atoms with E-state index in [0.717, 1.165) is 29.5 Å². The Labute approximate surface area is 350 Å². The van der Waals surface area contributed by atoms with E-state index in [1.807, 2.05) is 78.9 Å². The fourth-order valence-electron chi connectivity index (χ4n) is 8.21. The average molecular weight is 855 g/mol. The van der Waals surface area contributed by atoms with E-state index < -0.39 is 53.9 Å². The molecule has 6 atom stereocenters. The summed E-state index contributed by atoms with van der Waals surface area (Å²) in [6.45, 7) is 2.02. The number of aromatic nitrogens is 2. The van der Waals surface area contributed by atoms with E-state index in [-0.39, 0.29) is 47.1 Å². The zero-order valence-electron chi connectivity index (χ0n) is 33.4. The van der Waals surface area contributed by atoms with Crippen LogP contribution in [0.3, 0.4) is 0 Å². The van der Waals surface area contributed by atoms with Crippen LogP contribution in [-0.4, -0.2) is 86.4 Å². The van der Waals surface area contributed by atoms with Crippen molar-refractivity contribution in [1.29, 1.82) is 0 Å². The lowest BCUT2D eigenvalue weighted by Crippen LogP contribution is -2.38. The number of benzene rings is 4. The first kappa shape index (κ1) is 41.7. The van der Waals surface area contributed by atoms with E-state index in [9.17, 15) is 18.0 Å². The van der Waals surface area contributed by atoms with Gasteiger partial charge in [0.1, 0.15) is 23.2 Å². The van der Waals surface area contributed by atoms with Gasteiger partial charge in [-0.05, 0) is 65.9 Å². The number of sulfone groups is 1. The summed E-state index contributed by atoms with van der Waals surface area (Å²) in [6, 6.07) is 33.6. The SMILES string of the molecule is COc1ccc(C(OC[C@H]2O[C@@H](c3cnc(NC(C)=O)[nH]c3=O)C[C@@H]2O[P@]2O[C@H](CS(=O)(=O)c3ccccc3)[C@@H]3CCCN32)(c2ccccc2)c2ccc(OC)cc2)cc1. The molecule has 1 amide bonds. The van der Waals surface area contributed by atoms with Crippen LogP contribution < -0.4 is 20.3 Å². The highest BCUT2D eigenvalue weighted by Crippen LogP contribution is 2.58. The summed E-state index contributed by atoms with van der Waals surface area (Å²) in [6.07, 6.45) is 0.551. The van der Waals surface area contributed by atoms with Gasteiger partial charge in [-0.1, -0.05) is 72.8 Å². The first-order chi connectivity index (χ1) is 29.1. The minimum Gasteiger partial charge on any atom is -0.497 e. The van der Waals surface area contributed by atoms with E-state index in [2.05, 4.69) is 20.0 Å². The summed E-state index contributed by atoms with van der Waals surface area (Å²) in [7, 11) is -2.13. The summed E-state index contributed by atoms with van der Waals surface area (Å²) < 4.78 is 67.7. The summed E-state index contributed by atoms with van der Waals surface area (Å²) in [5, 5.41) is 2.51. The van der Waals surface area contributed by atoms with Crippen molar-refractivity contribution in [3.8, 4) is 11.5 Å². The molecule has 314 valence electrons. The molecule has 60 heavy (non-hydrogen) atoms. The molecule has 3 aliphatic heterocycles. The molecule has 0 radical (unpaired) electrons. The molecule has 4 heterocycles. The predicted molar refractivity (Wildman–Crippen MR) is 225 cm³/mol.